The van der Waals surface area contributed by atoms with Gasteiger partial charge in [0, 0.05) is 25.2 Å². The Hall–Kier alpha value is 0.120. The van der Waals surface area contributed by atoms with Crippen molar-refractivity contribution in [1.29, 1.82) is 0 Å². The molecule has 1 saturated carbocycles. The first kappa shape index (κ1) is 16.2. The Morgan fingerprint density at radius 2 is 1.56 bits per heavy atom. The quantitative estimate of drug-likeness (QED) is 0.816. The highest BCUT2D eigenvalue weighted by Crippen LogP contribution is 2.19. The van der Waals surface area contributed by atoms with Crippen LogP contribution >= 0.6 is 12.4 Å². The standard InChI is InChI=1S/C11H23N3O2S.ClH/c12-10-4-6-11(7-5-10)13-17(15,16)14-8-2-1-3-9-14;/h10-11,13H,1-9,12H2;1H. The average molecular weight is 298 g/mol. The summed E-state index contributed by atoms with van der Waals surface area (Å²) >= 11 is 0. The van der Waals surface area contributed by atoms with Gasteiger partial charge in [-0.1, -0.05) is 6.42 Å². The molecule has 3 N–H and O–H groups in total. The number of nitrogens with two attached hydrogens (primary N) is 1. The van der Waals surface area contributed by atoms with Crippen LogP contribution in [0.25, 0.3) is 0 Å². The van der Waals surface area contributed by atoms with Crippen molar-refractivity contribution in [3.63, 3.8) is 0 Å². The second-order valence-electron chi connectivity index (χ2n) is 5.19. The molecule has 0 aromatic carbocycles. The number of halogens is 1. The third-order valence-corrected chi connectivity index (χ3v) is 5.42. The molecular weight excluding hydrogens is 274 g/mol. The fourth-order valence-electron chi connectivity index (χ4n) is 2.63. The van der Waals surface area contributed by atoms with Crippen LogP contribution in [-0.2, 0) is 10.2 Å². The summed E-state index contributed by atoms with van der Waals surface area (Å²) in [5.41, 5.74) is 5.82. The second-order valence-corrected chi connectivity index (χ2v) is 6.90. The number of piperidine rings is 1. The topological polar surface area (TPSA) is 75.4 Å². The zero-order valence-corrected chi connectivity index (χ0v) is 12.3. The zero-order valence-electron chi connectivity index (χ0n) is 10.7. The van der Waals surface area contributed by atoms with Gasteiger partial charge in [0.25, 0.3) is 10.2 Å². The summed E-state index contributed by atoms with van der Waals surface area (Å²) in [7, 11) is -3.26. The normalized spacial score (nSPS) is 30.7. The number of rotatable bonds is 3. The Balaban J connectivity index is 0.00000162. The molecule has 18 heavy (non-hydrogen) atoms. The van der Waals surface area contributed by atoms with Crippen LogP contribution in [0.1, 0.15) is 44.9 Å². The minimum Gasteiger partial charge on any atom is -0.328 e. The van der Waals surface area contributed by atoms with Crippen molar-refractivity contribution < 1.29 is 8.42 Å². The van der Waals surface area contributed by atoms with Crippen LogP contribution in [0.4, 0.5) is 0 Å². The lowest BCUT2D eigenvalue weighted by molar-refractivity contribution is 0.324. The van der Waals surface area contributed by atoms with Crippen molar-refractivity contribution in [2.24, 2.45) is 5.73 Å². The molecule has 1 aliphatic carbocycles. The van der Waals surface area contributed by atoms with Crippen molar-refractivity contribution in [3.8, 4) is 0 Å². The molecule has 5 nitrogen and oxygen atoms in total. The van der Waals surface area contributed by atoms with Gasteiger partial charge in [-0.2, -0.15) is 17.4 Å². The van der Waals surface area contributed by atoms with Crippen molar-refractivity contribution in [2.45, 2.75) is 57.0 Å². The molecule has 1 aliphatic heterocycles. The van der Waals surface area contributed by atoms with Gasteiger partial charge in [-0.25, -0.2) is 0 Å². The molecule has 0 aromatic heterocycles. The van der Waals surface area contributed by atoms with E-state index in [4.69, 9.17) is 5.73 Å². The molecule has 1 heterocycles. The number of nitrogens with one attached hydrogen (secondary N) is 1. The molecule has 7 heteroatoms. The minimum absolute atomic E-state index is 0. The highest BCUT2D eigenvalue weighted by molar-refractivity contribution is 7.87. The zero-order chi connectivity index (χ0) is 12.3. The number of hydrogen-bond donors (Lipinski definition) is 2. The maximum atomic E-state index is 12.1. The predicted octanol–water partition coefficient (Wildman–Crippen LogP) is 0.998. The van der Waals surface area contributed by atoms with Crippen molar-refractivity contribution in [3.05, 3.63) is 0 Å². The molecule has 0 amide bonds. The molecule has 0 spiro atoms. The van der Waals surface area contributed by atoms with E-state index in [1.165, 1.54) is 0 Å². The number of hydrogen-bond acceptors (Lipinski definition) is 3. The highest BCUT2D eigenvalue weighted by Gasteiger charge is 2.28. The Bertz CT molecular complexity index is 336. The van der Waals surface area contributed by atoms with Crippen LogP contribution in [0, 0.1) is 0 Å². The second kappa shape index (κ2) is 7.05. The van der Waals surface area contributed by atoms with Gasteiger partial charge in [0.15, 0.2) is 0 Å². The van der Waals surface area contributed by atoms with E-state index in [0.29, 0.717) is 13.1 Å². The van der Waals surface area contributed by atoms with Crippen molar-refractivity contribution in [1.82, 2.24) is 9.03 Å². The monoisotopic (exact) mass is 297 g/mol. The molecule has 108 valence electrons. The lowest BCUT2D eigenvalue weighted by Crippen LogP contribution is -2.48. The Morgan fingerprint density at radius 1 is 1.00 bits per heavy atom. The molecule has 0 aromatic rings. The molecule has 0 atom stereocenters. The van der Waals surface area contributed by atoms with Gasteiger partial charge in [0.1, 0.15) is 0 Å². The first-order valence-corrected chi connectivity index (χ1v) is 8.05. The van der Waals surface area contributed by atoms with E-state index in [2.05, 4.69) is 4.72 Å². The first-order valence-electron chi connectivity index (χ1n) is 6.61. The lowest BCUT2D eigenvalue weighted by atomic mass is 9.93. The van der Waals surface area contributed by atoms with Gasteiger partial charge < -0.3 is 5.73 Å². The van der Waals surface area contributed by atoms with Gasteiger partial charge >= 0.3 is 0 Å². The van der Waals surface area contributed by atoms with E-state index in [1.54, 1.807) is 4.31 Å². The Kier molecular flexibility index (Phi) is 6.34. The van der Waals surface area contributed by atoms with E-state index in [-0.39, 0.29) is 24.5 Å². The van der Waals surface area contributed by atoms with Crippen LogP contribution in [0.5, 0.6) is 0 Å². The summed E-state index contributed by atoms with van der Waals surface area (Å²) in [6.45, 7) is 1.34. The third kappa shape index (κ3) is 4.35. The van der Waals surface area contributed by atoms with Crippen LogP contribution in [-0.4, -0.2) is 37.9 Å². The Labute approximate surface area is 116 Å². The van der Waals surface area contributed by atoms with Crippen molar-refractivity contribution >= 4 is 22.6 Å². The summed E-state index contributed by atoms with van der Waals surface area (Å²) in [4.78, 5) is 0. The average Bonchev–Trinajstić information content (AvgIpc) is 2.33. The highest BCUT2D eigenvalue weighted by atomic mass is 35.5. The van der Waals surface area contributed by atoms with Crippen LogP contribution in [0.15, 0.2) is 0 Å². The predicted molar refractivity (Wildman–Crippen MR) is 75.0 cm³/mol. The molecule has 2 aliphatic rings. The smallest absolute Gasteiger partial charge is 0.279 e. The minimum atomic E-state index is -3.26. The van der Waals surface area contributed by atoms with E-state index >= 15 is 0 Å². The summed E-state index contributed by atoms with van der Waals surface area (Å²) in [5.74, 6) is 0. The largest absolute Gasteiger partial charge is 0.328 e. The van der Waals surface area contributed by atoms with Gasteiger partial charge in [0.2, 0.25) is 0 Å². The fraction of sp³-hybridized carbons (Fsp3) is 1.00. The first-order chi connectivity index (χ1) is 8.08. The summed E-state index contributed by atoms with van der Waals surface area (Å²) in [6.07, 6.45) is 6.69. The molecule has 0 unspecified atom stereocenters. The van der Waals surface area contributed by atoms with Gasteiger partial charge in [0.05, 0.1) is 0 Å². The molecule has 0 radical (unpaired) electrons. The number of nitrogens with zero attached hydrogens (tertiary/aromatic N) is 1. The summed E-state index contributed by atoms with van der Waals surface area (Å²) < 4.78 is 28.7. The summed E-state index contributed by atoms with van der Waals surface area (Å²) in [5, 5.41) is 0. The molecular formula is C11H24ClN3O2S. The van der Waals surface area contributed by atoms with Crippen molar-refractivity contribution in [2.75, 3.05) is 13.1 Å². The maximum Gasteiger partial charge on any atom is 0.279 e. The Morgan fingerprint density at radius 3 is 2.11 bits per heavy atom. The van der Waals surface area contributed by atoms with E-state index < -0.39 is 10.2 Å². The van der Waals surface area contributed by atoms with Crippen LogP contribution in [0.2, 0.25) is 0 Å². The van der Waals surface area contributed by atoms with E-state index in [1.807, 2.05) is 0 Å². The summed E-state index contributed by atoms with van der Waals surface area (Å²) in [6, 6.07) is 0.340. The molecule has 2 fully saturated rings. The maximum absolute atomic E-state index is 12.1. The van der Waals surface area contributed by atoms with E-state index in [9.17, 15) is 8.42 Å². The van der Waals surface area contributed by atoms with Gasteiger partial charge in [-0.3, -0.25) is 0 Å². The van der Waals surface area contributed by atoms with E-state index in [0.717, 1.165) is 44.9 Å². The lowest BCUT2D eigenvalue weighted by Gasteiger charge is -2.31. The van der Waals surface area contributed by atoms with Crippen LogP contribution < -0.4 is 10.5 Å². The molecule has 1 saturated heterocycles. The van der Waals surface area contributed by atoms with Gasteiger partial charge in [-0.05, 0) is 38.5 Å². The van der Waals surface area contributed by atoms with Crippen LogP contribution in [0.3, 0.4) is 0 Å². The third-order valence-electron chi connectivity index (χ3n) is 3.74. The molecule has 0 bridgehead atoms. The fourth-order valence-corrected chi connectivity index (χ4v) is 4.17. The molecule has 2 rings (SSSR count). The van der Waals surface area contributed by atoms with Gasteiger partial charge in [-0.15, -0.1) is 12.4 Å². The SMILES string of the molecule is Cl.NC1CCC(NS(=O)(=O)N2CCCCC2)CC1.